The smallest absolute Gasteiger partial charge is 0.308 e. The molecule has 0 spiro atoms. The van der Waals surface area contributed by atoms with E-state index in [0.29, 0.717) is 47.9 Å². The lowest BCUT2D eigenvalue weighted by molar-refractivity contribution is -0.132. The first-order valence-electron chi connectivity index (χ1n) is 13.2. The summed E-state index contributed by atoms with van der Waals surface area (Å²) in [5, 5.41) is 13.0. The van der Waals surface area contributed by atoms with Crippen LogP contribution in [0.15, 0.2) is 41.5 Å². The molecule has 11 nitrogen and oxygen atoms in total. The normalized spacial score (nSPS) is 18.1. The van der Waals surface area contributed by atoms with E-state index in [1.165, 1.54) is 13.0 Å². The lowest BCUT2D eigenvalue weighted by Crippen LogP contribution is -2.46. The molecule has 2 N–H and O–H groups in total. The predicted molar refractivity (Wildman–Crippen MR) is 149 cm³/mol. The maximum atomic E-state index is 13.8. The highest BCUT2D eigenvalue weighted by Gasteiger charge is 2.41. The minimum absolute atomic E-state index is 0.0549. The molecule has 2 amide bonds. The molecule has 1 aliphatic carbocycles. The molecule has 4 heterocycles. The number of carbonyl (C=O) groups excluding carboxylic acids is 3. The van der Waals surface area contributed by atoms with E-state index in [-0.39, 0.29) is 29.7 Å². The minimum Gasteiger partial charge on any atom is -0.424 e. The van der Waals surface area contributed by atoms with Crippen LogP contribution in [0.5, 0.6) is 5.75 Å². The largest absolute Gasteiger partial charge is 0.424 e. The van der Waals surface area contributed by atoms with Crippen LogP contribution in [0.1, 0.15) is 64.7 Å². The fraction of sp³-hybridized carbons (Fsp3) is 0.357. The van der Waals surface area contributed by atoms with E-state index in [1.54, 1.807) is 15.9 Å². The molecule has 0 bridgehead atoms. The Bertz CT molecular complexity index is 1560. The number of aromatic nitrogens is 4. The van der Waals surface area contributed by atoms with Gasteiger partial charge in [-0.25, -0.2) is 4.68 Å². The summed E-state index contributed by atoms with van der Waals surface area (Å²) in [6, 6.07) is 7.01. The number of esters is 1. The van der Waals surface area contributed by atoms with Crippen molar-refractivity contribution in [1.29, 1.82) is 0 Å². The summed E-state index contributed by atoms with van der Waals surface area (Å²) in [7, 11) is 0. The highest BCUT2D eigenvalue weighted by Crippen LogP contribution is 2.43. The van der Waals surface area contributed by atoms with Crippen molar-refractivity contribution in [2.24, 2.45) is 0 Å². The number of nitrogen functional groups attached to an aromatic ring is 1. The van der Waals surface area contributed by atoms with Crippen LogP contribution in [0.4, 0.5) is 5.69 Å². The van der Waals surface area contributed by atoms with Crippen LogP contribution < -0.4 is 10.5 Å². The van der Waals surface area contributed by atoms with Gasteiger partial charge in [-0.05, 0) is 64.5 Å². The highest BCUT2D eigenvalue weighted by molar-refractivity contribution is 9.10. The van der Waals surface area contributed by atoms with Crippen molar-refractivity contribution in [3.8, 4) is 11.4 Å². The van der Waals surface area contributed by atoms with E-state index in [4.69, 9.17) is 15.6 Å². The Kier molecular flexibility index (Phi) is 6.65. The number of anilines is 1. The Morgan fingerprint density at radius 3 is 2.65 bits per heavy atom. The van der Waals surface area contributed by atoms with Crippen LogP contribution in [0.2, 0.25) is 0 Å². The maximum Gasteiger partial charge on any atom is 0.308 e. The maximum absolute atomic E-state index is 13.8. The molecular formula is C28H28BrN7O4. The third kappa shape index (κ3) is 4.66. The van der Waals surface area contributed by atoms with E-state index in [2.05, 4.69) is 38.8 Å². The molecule has 1 fully saturated rings. The number of hydrogen-bond acceptors (Lipinski definition) is 8. The number of amides is 2. The van der Waals surface area contributed by atoms with Gasteiger partial charge in [-0.2, -0.15) is 5.10 Å². The first-order chi connectivity index (χ1) is 19.2. The van der Waals surface area contributed by atoms with Crippen molar-refractivity contribution in [3.63, 3.8) is 0 Å². The molecule has 3 aromatic rings. The molecule has 1 saturated carbocycles. The van der Waals surface area contributed by atoms with E-state index in [0.717, 1.165) is 35.4 Å². The van der Waals surface area contributed by atoms with E-state index in [9.17, 15) is 14.4 Å². The first kappa shape index (κ1) is 26.2. The average molecular weight is 606 g/mol. The summed E-state index contributed by atoms with van der Waals surface area (Å²) in [4.78, 5) is 41.9. The van der Waals surface area contributed by atoms with E-state index < -0.39 is 12.0 Å². The number of hydrogen-bond donors (Lipinski definition) is 1. The Morgan fingerprint density at radius 2 is 1.95 bits per heavy atom. The number of benzene rings is 1. The third-order valence-electron chi connectivity index (χ3n) is 7.67. The third-order valence-corrected chi connectivity index (χ3v) is 8.05. The molecule has 206 valence electrons. The molecule has 1 unspecified atom stereocenters. The predicted octanol–water partition coefficient (Wildman–Crippen LogP) is 3.12. The lowest BCUT2D eigenvalue weighted by Gasteiger charge is -2.37. The first-order valence-corrected chi connectivity index (χ1v) is 14.0. The summed E-state index contributed by atoms with van der Waals surface area (Å²) in [5.74, 6) is -0.0369. The second-order valence-corrected chi connectivity index (χ2v) is 11.1. The Balaban J connectivity index is 1.45. The van der Waals surface area contributed by atoms with Crippen molar-refractivity contribution < 1.29 is 19.1 Å². The topological polar surface area (TPSA) is 137 Å². The Morgan fingerprint density at radius 1 is 1.15 bits per heavy atom. The monoisotopic (exact) mass is 605 g/mol. The highest BCUT2D eigenvalue weighted by atomic mass is 79.9. The van der Waals surface area contributed by atoms with Crippen molar-refractivity contribution in [3.05, 3.63) is 69.7 Å². The van der Waals surface area contributed by atoms with E-state index >= 15 is 0 Å². The number of nitrogens with zero attached hydrogens (tertiary/aromatic N) is 6. The van der Waals surface area contributed by atoms with Gasteiger partial charge in [0.1, 0.15) is 10.3 Å². The number of halogens is 1. The van der Waals surface area contributed by atoms with Gasteiger partial charge in [-0.15, -0.1) is 10.2 Å². The van der Waals surface area contributed by atoms with Crippen molar-refractivity contribution in [2.45, 2.75) is 44.6 Å². The number of ether oxygens (including phenoxy) is 1. The zero-order valence-electron chi connectivity index (χ0n) is 22.0. The zero-order chi connectivity index (χ0) is 28.1. The van der Waals surface area contributed by atoms with Crippen molar-refractivity contribution in [1.82, 2.24) is 29.8 Å². The molecule has 1 aromatic carbocycles. The van der Waals surface area contributed by atoms with Gasteiger partial charge >= 0.3 is 5.97 Å². The molecule has 12 heteroatoms. The number of nitrogens with two attached hydrogens (primary N) is 1. The summed E-state index contributed by atoms with van der Waals surface area (Å²) in [6.07, 6.45) is 4.52. The van der Waals surface area contributed by atoms with Gasteiger partial charge in [0.2, 0.25) is 5.91 Å². The zero-order valence-corrected chi connectivity index (χ0v) is 23.6. The molecule has 0 radical (unpaired) electrons. The standard InChI is InChI=1S/C28H28BrN7O4/c1-3-25(38)34-10-8-19-26-21(9-11-35(22(26)14-34)28(39)27-18(30)13-24(29)31-32-27)36(33-19)20-7-6-17(16-4-5-16)12-23(20)40-15(2)37/h3,6-7,12-13,16,22H,1,4-5,8-11,14H2,2H3,(H2,30,31). The van der Waals surface area contributed by atoms with Crippen LogP contribution in [0.25, 0.3) is 5.69 Å². The van der Waals surface area contributed by atoms with Crippen LogP contribution in [-0.2, 0) is 22.4 Å². The molecule has 2 aromatic heterocycles. The second-order valence-electron chi connectivity index (χ2n) is 10.3. The number of rotatable bonds is 5. The molecule has 3 aliphatic rings. The molecule has 0 saturated heterocycles. The van der Waals surface area contributed by atoms with Crippen LogP contribution in [0.3, 0.4) is 0 Å². The summed E-state index contributed by atoms with van der Waals surface area (Å²) < 4.78 is 7.93. The van der Waals surface area contributed by atoms with Gasteiger partial charge in [0, 0.05) is 45.0 Å². The van der Waals surface area contributed by atoms with Gasteiger partial charge in [0.25, 0.3) is 5.91 Å². The molecule has 6 rings (SSSR count). The summed E-state index contributed by atoms with van der Waals surface area (Å²) >= 11 is 3.24. The van der Waals surface area contributed by atoms with Gasteiger partial charge in [0.15, 0.2) is 11.4 Å². The van der Waals surface area contributed by atoms with Gasteiger partial charge in [-0.3, -0.25) is 14.4 Å². The van der Waals surface area contributed by atoms with Gasteiger partial charge in [0.05, 0.1) is 23.1 Å². The molecule has 2 aliphatic heterocycles. The fourth-order valence-electron chi connectivity index (χ4n) is 5.66. The minimum atomic E-state index is -0.487. The van der Waals surface area contributed by atoms with E-state index in [1.807, 2.05) is 16.8 Å². The quantitative estimate of drug-likeness (QED) is 0.266. The second kappa shape index (κ2) is 10.2. The lowest BCUT2D eigenvalue weighted by atomic mass is 9.95. The Hall–Kier alpha value is -4.06. The van der Waals surface area contributed by atoms with Crippen molar-refractivity contribution in [2.75, 3.05) is 25.4 Å². The van der Waals surface area contributed by atoms with Crippen LogP contribution in [0, 0.1) is 0 Å². The molecular weight excluding hydrogens is 578 g/mol. The molecule has 40 heavy (non-hydrogen) atoms. The summed E-state index contributed by atoms with van der Waals surface area (Å²) in [6.45, 7) is 6.07. The van der Waals surface area contributed by atoms with Gasteiger partial charge < -0.3 is 20.3 Å². The average Bonchev–Trinajstić information content (AvgIpc) is 3.73. The SMILES string of the molecule is C=CC(=O)N1CCc2nn(-c3ccc(C4CC4)cc3OC(C)=O)c3c2C(C1)N(C(=O)c1nnc(Br)cc1N)CC3. The van der Waals surface area contributed by atoms with Gasteiger partial charge in [-0.1, -0.05) is 12.6 Å². The van der Waals surface area contributed by atoms with Crippen molar-refractivity contribution >= 4 is 39.4 Å². The number of carbonyl (C=O) groups is 3. The van der Waals surface area contributed by atoms with Crippen LogP contribution in [-0.4, -0.2) is 67.2 Å². The molecule has 1 atom stereocenters. The summed E-state index contributed by atoms with van der Waals surface area (Å²) in [5.41, 5.74) is 10.8. The fourth-order valence-corrected chi connectivity index (χ4v) is 5.99. The van der Waals surface area contributed by atoms with Crippen LogP contribution >= 0.6 is 15.9 Å². The Labute approximate surface area is 239 Å².